The van der Waals surface area contributed by atoms with Gasteiger partial charge in [0.05, 0.1) is 16.9 Å². The van der Waals surface area contributed by atoms with E-state index in [1.807, 2.05) is 51.1 Å². The maximum Gasteiger partial charge on any atom is 0.337 e. The average molecular weight is 669 g/mol. The highest BCUT2D eigenvalue weighted by atomic mass is 35.5. The van der Waals surface area contributed by atoms with E-state index in [0.717, 1.165) is 72.3 Å². The number of carboxylic acids is 1. The van der Waals surface area contributed by atoms with Crippen LogP contribution in [0.1, 0.15) is 70.3 Å². The first kappa shape index (κ1) is 32.2. The molecule has 3 N–H and O–H groups in total. The Morgan fingerprint density at radius 1 is 1.06 bits per heavy atom. The van der Waals surface area contributed by atoms with Gasteiger partial charge in [0, 0.05) is 37.1 Å². The summed E-state index contributed by atoms with van der Waals surface area (Å²) in [5, 5.41) is 11.5. The Bertz CT molecular complexity index is 2040. The highest BCUT2D eigenvalue weighted by Gasteiger charge is 2.37. The molecule has 1 fully saturated rings. The van der Waals surface area contributed by atoms with Crippen LogP contribution in [-0.2, 0) is 22.5 Å². The number of hydrogen-bond acceptors (Lipinski definition) is 9. The number of benzene rings is 2. The van der Waals surface area contributed by atoms with E-state index in [1.165, 1.54) is 5.56 Å². The van der Waals surface area contributed by atoms with Gasteiger partial charge < -0.3 is 29.8 Å². The summed E-state index contributed by atoms with van der Waals surface area (Å²) in [6, 6.07) is 14.2. The molecule has 2 aliphatic heterocycles. The molecule has 0 aliphatic carbocycles. The highest BCUT2D eigenvalue weighted by Crippen LogP contribution is 2.47. The van der Waals surface area contributed by atoms with Gasteiger partial charge in [0.15, 0.2) is 17.5 Å². The number of carboxylic acid groups (broad SMARTS) is 1. The number of nitrogens with two attached hydrogens (primary N) is 1. The van der Waals surface area contributed by atoms with Gasteiger partial charge in [-0.1, -0.05) is 55.8 Å². The first-order valence-electron chi connectivity index (χ1n) is 16.4. The number of anilines is 3. The number of aromatic nitrogens is 3. The lowest BCUT2D eigenvalue weighted by atomic mass is 9.82. The molecule has 48 heavy (non-hydrogen) atoms. The number of nitrogen functional groups attached to an aromatic ring is 1. The standard InChI is InChI=1S/C37H41ClN6O4/c1-36(2,3)48-30(35(45)46)27-29(43-16-13-37(4,5)14-17-43)26(33(39)42-32(27)38)22-10-11-23-19-44(15-12-21(23)18-22)34-31-28(40-20-41-34)24-8-6-7-9-25(24)47-31/h6-11,18,20,30H,12-17,19H2,1-5H3,(H2,39,42)(H,45,46)/t30-/m0/s1. The largest absolute Gasteiger partial charge is 0.479 e. The van der Waals surface area contributed by atoms with E-state index in [9.17, 15) is 9.90 Å². The zero-order chi connectivity index (χ0) is 34.0. The van der Waals surface area contributed by atoms with Crippen LogP contribution >= 0.6 is 11.6 Å². The van der Waals surface area contributed by atoms with Gasteiger partial charge in [-0.25, -0.2) is 19.7 Å². The van der Waals surface area contributed by atoms with Crippen molar-refractivity contribution in [2.24, 2.45) is 5.41 Å². The summed E-state index contributed by atoms with van der Waals surface area (Å²) in [6.45, 7) is 12.8. The SMILES string of the molecule is CC1(C)CCN(c2c(-c3ccc4c(c3)CCN(c3ncnc5c3oc3ccccc35)C4)c(N)nc(Cl)c2[C@H](OC(C)(C)C)C(=O)O)CC1. The van der Waals surface area contributed by atoms with E-state index >= 15 is 0 Å². The molecule has 250 valence electrons. The Balaban J connectivity index is 1.30. The third-order valence-corrected chi connectivity index (χ3v) is 9.81. The highest BCUT2D eigenvalue weighted by molar-refractivity contribution is 6.31. The molecule has 1 saturated heterocycles. The van der Waals surface area contributed by atoms with Gasteiger partial charge in [0.2, 0.25) is 0 Å². The molecule has 0 spiro atoms. The minimum Gasteiger partial charge on any atom is -0.479 e. The first-order valence-corrected chi connectivity index (χ1v) is 16.8. The van der Waals surface area contributed by atoms with Crippen molar-refractivity contribution in [2.75, 3.05) is 35.2 Å². The number of nitrogens with zero attached hydrogens (tertiary/aromatic N) is 5. The van der Waals surface area contributed by atoms with Gasteiger partial charge in [-0.05, 0) is 74.3 Å². The molecule has 0 bridgehead atoms. The Hall–Kier alpha value is -4.41. The minimum atomic E-state index is -1.33. The van der Waals surface area contributed by atoms with Crippen LogP contribution in [0.2, 0.25) is 5.15 Å². The fourth-order valence-electron chi connectivity index (χ4n) is 6.97. The van der Waals surface area contributed by atoms with E-state index in [1.54, 1.807) is 6.33 Å². The van der Waals surface area contributed by atoms with Crippen LogP contribution in [-0.4, -0.2) is 51.3 Å². The van der Waals surface area contributed by atoms with Crippen LogP contribution in [0.4, 0.5) is 17.3 Å². The van der Waals surface area contributed by atoms with E-state index in [-0.39, 0.29) is 16.4 Å². The zero-order valence-corrected chi connectivity index (χ0v) is 28.8. The molecule has 0 amide bonds. The monoisotopic (exact) mass is 668 g/mol. The number of hydrogen-bond donors (Lipinski definition) is 2. The third-order valence-electron chi connectivity index (χ3n) is 9.53. The number of aliphatic carboxylic acids is 1. The van der Waals surface area contributed by atoms with Crippen molar-refractivity contribution in [1.29, 1.82) is 0 Å². The number of ether oxygens (including phenoxy) is 1. The molecule has 2 aliphatic rings. The third kappa shape index (κ3) is 5.92. The summed E-state index contributed by atoms with van der Waals surface area (Å²) >= 11 is 6.81. The maximum absolute atomic E-state index is 12.8. The van der Waals surface area contributed by atoms with Crippen molar-refractivity contribution in [3.63, 3.8) is 0 Å². The van der Waals surface area contributed by atoms with Crippen LogP contribution < -0.4 is 15.5 Å². The number of pyridine rings is 1. The van der Waals surface area contributed by atoms with Gasteiger partial charge in [0.25, 0.3) is 0 Å². The fraction of sp³-hybridized carbons (Fsp3) is 0.405. The van der Waals surface area contributed by atoms with Crippen molar-refractivity contribution >= 4 is 57.0 Å². The second-order valence-electron chi connectivity index (χ2n) is 14.7. The lowest BCUT2D eigenvalue weighted by Crippen LogP contribution is -2.39. The summed E-state index contributed by atoms with van der Waals surface area (Å²) < 4.78 is 12.4. The average Bonchev–Trinajstić information content (AvgIpc) is 3.42. The van der Waals surface area contributed by atoms with E-state index < -0.39 is 17.7 Å². The summed E-state index contributed by atoms with van der Waals surface area (Å²) in [5.74, 6) is -0.0959. The molecule has 5 heterocycles. The molecule has 1 atom stereocenters. The number of piperidine rings is 1. The number of fused-ring (bicyclic) bond motifs is 4. The van der Waals surface area contributed by atoms with Crippen molar-refractivity contribution in [3.8, 4) is 11.1 Å². The topological polar surface area (TPSA) is 131 Å². The van der Waals surface area contributed by atoms with Gasteiger partial charge in [0.1, 0.15) is 28.4 Å². The number of halogens is 1. The van der Waals surface area contributed by atoms with Crippen molar-refractivity contribution in [3.05, 3.63) is 70.6 Å². The normalized spacial score (nSPS) is 17.1. The quantitative estimate of drug-likeness (QED) is 0.173. The molecule has 2 aromatic carbocycles. The molecule has 5 aromatic rings. The van der Waals surface area contributed by atoms with E-state index in [4.69, 9.17) is 26.5 Å². The molecule has 3 aromatic heterocycles. The van der Waals surface area contributed by atoms with Crippen LogP contribution in [0.15, 0.2) is 53.2 Å². The van der Waals surface area contributed by atoms with Crippen LogP contribution in [0.3, 0.4) is 0 Å². The number of carbonyl (C=O) groups is 1. The summed E-state index contributed by atoms with van der Waals surface area (Å²) in [4.78, 5) is 30.9. The van der Waals surface area contributed by atoms with Crippen LogP contribution in [0.25, 0.3) is 33.2 Å². The number of para-hydroxylation sites is 1. The predicted octanol–water partition coefficient (Wildman–Crippen LogP) is 7.80. The predicted molar refractivity (Wildman–Crippen MR) is 190 cm³/mol. The molecule has 0 unspecified atom stereocenters. The van der Waals surface area contributed by atoms with Crippen molar-refractivity contribution in [2.45, 2.75) is 72.1 Å². The summed E-state index contributed by atoms with van der Waals surface area (Å²) in [5.41, 5.74) is 13.3. The van der Waals surface area contributed by atoms with Crippen molar-refractivity contribution in [1.82, 2.24) is 15.0 Å². The molecule has 7 rings (SSSR count). The zero-order valence-electron chi connectivity index (χ0n) is 28.0. The van der Waals surface area contributed by atoms with E-state index in [2.05, 4.69) is 50.7 Å². The Labute approximate surface area is 284 Å². The first-order chi connectivity index (χ1) is 22.8. The maximum atomic E-state index is 12.8. The number of furan rings is 1. The lowest BCUT2D eigenvalue weighted by molar-refractivity contribution is -0.160. The van der Waals surface area contributed by atoms with Gasteiger partial charge in [-0.3, -0.25) is 0 Å². The van der Waals surface area contributed by atoms with Gasteiger partial charge in [-0.15, -0.1) is 0 Å². The molecular formula is C37H41ClN6O4. The Morgan fingerprint density at radius 3 is 2.54 bits per heavy atom. The Morgan fingerprint density at radius 2 is 1.81 bits per heavy atom. The van der Waals surface area contributed by atoms with Gasteiger partial charge in [-0.2, -0.15) is 0 Å². The molecule has 10 nitrogen and oxygen atoms in total. The summed E-state index contributed by atoms with van der Waals surface area (Å²) in [7, 11) is 0. The van der Waals surface area contributed by atoms with Crippen LogP contribution in [0, 0.1) is 5.41 Å². The molecular weight excluding hydrogens is 628 g/mol. The summed E-state index contributed by atoms with van der Waals surface area (Å²) in [6.07, 6.45) is 2.91. The minimum absolute atomic E-state index is 0.0445. The molecule has 0 saturated carbocycles. The number of rotatable bonds is 6. The van der Waals surface area contributed by atoms with E-state index in [0.29, 0.717) is 28.9 Å². The lowest BCUT2D eigenvalue weighted by Gasteiger charge is -2.41. The second kappa shape index (κ2) is 11.9. The second-order valence-corrected chi connectivity index (χ2v) is 15.0. The molecule has 0 radical (unpaired) electrons. The smallest absolute Gasteiger partial charge is 0.337 e. The fourth-order valence-corrected chi connectivity index (χ4v) is 7.25. The van der Waals surface area contributed by atoms with Gasteiger partial charge >= 0.3 is 5.97 Å². The molecule has 11 heteroatoms. The van der Waals surface area contributed by atoms with Crippen LogP contribution in [0.5, 0.6) is 0 Å². The Kier molecular flexibility index (Phi) is 7.99. The van der Waals surface area contributed by atoms with Crippen molar-refractivity contribution < 1.29 is 19.1 Å².